The Kier molecular flexibility index (Phi) is 5.31. The summed E-state index contributed by atoms with van der Waals surface area (Å²) in [5.74, 6) is -1.44. The summed E-state index contributed by atoms with van der Waals surface area (Å²) >= 11 is 5.44. The van der Waals surface area contributed by atoms with Crippen molar-refractivity contribution in [2.75, 3.05) is 18.0 Å². The number of aryl methyl sites for hydroxylation is 1. The van der Waals surface area contributed by atoms with Crippen LogP contribution < -0.4 is 15.5 Å². The van der Waals surface area contributed by atoms with Crippen LogP contribution in [0.2, 0.25) is 0 Å². The Morgan fingerprint density at radius 1 is 1.06 bits per heavy atom. The van der Waals surface area contributed by atoms with E-state index < -0.39 is 17.4 Å². The number of hydrogen-bond donors (Lipinski definition) is 2. The maximum atomic E-state index is 13.4. The van der Waals surface area contributed by atoms with E-state index in [1.165, 1.54) is 10.5 Å². The first kappa shape index (κ1) is 20.8. The highest BCUT2D eigenvalue weighted by molar-refractivity contribution is 7.80. The molecule has 4 atom stereocenters. The van der Waals surface area contributed by atoms with Gasteiger partial charge in [0.1, 0.15) is 5.60 Å². The highest BCUT2D eigenvalue weighted by Gasteiger charge is 2.67. The lowest BCUT2D eigenvalue weighted by Gasteiger charge is -2.29. The molecule has 0 radical (unpaired) electrons. The number of thiocarbonyl (C=S) groups is 1. The van der Waals surface area contributed by atoms with E-state index in [0.29, 0.717) is 23.9 Å². The summed E-state index contributed by atoms with van der Waals surface area (Å²) in [6.07, 6.45) is 4.30. The van der Waals surface area contributed by atoms with Crippen molar-refractivity contribution in [3.05, 3.63) is 77.9 Å². The molecule has 2 aromatic rings. The lowest BCUT2D eigenvalue weighted by Crippen LogP contribution is -2.50. The Labute approximate surface area is 192 Å². The van der Waals surface area contributed by atoms with Gasteiger partial charge in [0.2, 0.25) is 11.8 Å². The molecule has 0 saturated carbocycles. The normalized spacial score (nSPS) is 27.7. The monoisotopic (exact) mass is 447 g/mol. The predicted molar refractivity (Wildman–Crippen MR) is 126 cm³/mol. The smallest absolute Gasteiger partial charge is 0.241 e. The zero-order chi connectivity index (χ0) is 22.3. The number of ether oxygens (including phenoxy) is 1. The average molecular weight is 448 g/mol. The van der Waals surface area contributed by atoms with Crippen LogP contribution in [0.5, 0.6) is 0 Å². The minimum atomic E-state index is -0.868. The molecule has 0 aromatic heterocycles. The number of fused-ring (bicyclic) bond motifs is 5. The molecule has 32 heavy (non-hydrogen) atoms. The number of carbonyl (C=O) groups is 2. The van der Waals surface area contributed by atoms with Gasteiger partial charge < -0.3 is 15.4 Å². The summed E-state index contributed by atoms with van der Waals surface area (Å²) in [4.78, 5) is 27.8. The number of imide groups is 1. The van der Waals surface area contributed by atoms with Crippen LogP contribution in [0.1, 0.15) is 11.1 Å². The van der Waals surface area contributed by atoms with Gasteiger partial charge in [-0.15, -0.1) is 0 Å². The molecule has 0 aliphatic carbocycles. The van der Waals surface area contributed by atoms with Gasteiger partial charge in [-0.3, -0.25) is 9.59 Å². The fourth-order valence-electron chi connectivity index (χ4n) is 4.90. The fraction of sp³-hybridized carbons (Fsp3) is 0.320. The van der Waals surface area contributed by atoms with Crippen molar-refractivity contribution in [2.24, 2.45) is 11.8 Å². The molecule has 2 amide bonds. The van der Waals surface area contributed by atoms with Gasteiger partial charge in [0, 0.05) is 6.54 Å². The van der Waals surface area contributed by atoms with Crippen LogP contribution in [0.3, 0.4) is 0 Å². The van der Waals surface area contributed by atoms with Crippen LogP contribution in [-0.2, 0) is 20.7 Å². The molecule has 2 fully saturated rings. The number of nitrogens with zero attached hydrogens (tertiary/aromatic N) is 1. The zero-order valence-corrected chi connectivity index (χ0v) is 18.6. The Hall–Kier alpha value is -3.03. The van der Waals surface area contributed by atoms with Crippen LogP contribution in [0.25, 0.3) is 0 Å². The van der Waals surface area contributed by atoms with Crippen molar-refractivity contribution < 1.29 is 14.3 Å². The molecule has 2 saturated heterocycles. The van der Waals surface area contributed by atoms with E-state index in [1.807, 2.05) is 61.5 Å². The largest absolute Gasteiger partial charge is 0.362 e. The van der Waals surface area contributed by atoms with E-state index in [2.05, 4.69) is 22.8 Å². The quantitative estimate of drug-likeness (QED) is 0.403. The van der Waals surface area contributed by atoms with Crippen molar-refractivity contribution in [3.8, 4) is 0 Å². The summed E-state index contributed by atoms with van der Waals surface area (Å²) in [5, 5.41) is 6.92. The van der Waals surface area contributed by atoms with Crippen LogP contribution in [0.15, 0.2) is 66.7 Å². The molecule has 5 rings (SSSR count). The molecule has 3 heterocycles. The van der Waals surface area contributed by atoms with E-state index in [9.17, 15) is 9.59 Å². The van der Waals surface area contributed by atoms with Crippen LogP contribution >= 0.6 is 12.2 Å². The molecule has 3 aliphatic rings. The van der Waals surface area contributed by atoms with Crippen molar-refractivity contribution in [3.63, 3.8) is 0 Å². The first-order valence-corrected chi connectivity index (χ1v) is 11.3. The standard InChI is InChI=1S/C25H25N3O3S/c1-16-7-9-18(10-8-16)28-22(29)20-19-11-13-25(31-19,21(20)23(28)30)15-27-24(32)26-14-12-17-5-3-2-4-6-17/h2-11,13,19-21H,12,14-15H2,1H3,(H2,26,27,32)/t19-,20-,21-,25+/m1/s1. The second kappa shape index (κ2) is 8.15. The lowest BCUT2D eigenvalue weighted by molar-refractivity contribution is -0.126. The number of anilines is 1. The second-order valence-corrected chi connectivity index (χ2v) is 9.00. The molecular weight excluding hydrogens is 422 g/mol. The predicted octanol–water partition coefficient (Wildman–Crippen LogP) is 2.51. The molecule has 7 heteroatoms. The lowest BCUT2D eigenvalue weighted by atomic mass is 9.77. The fourth-order valence-corrected chi connectivity index (χ4v) is 5.07. The SMILES string of the molecule is Cc1ccc(N2C(=O)[C@@H]3[C@H]4C=C[C@@](CNC(=S)NCCc5ccccc5)(O4)[C@H]3C2=O)cc1. The molecular formula is C25H25N3O3S. The number of benzene rings is 2. The third-order valence-electron chi connectivity index (χ3n) is 6.51. The van der Waals surface area contributed by atoms with E-state index in [0.717, 1.165) is 12.0 Å². The highest BCUT2D eigenvalue weighted by Crippen LogP contribution is 2.52. The van der Waals surface area contributed by atoms with Gasteiger partial charge in [0.05, 0.1) is 30.2 Å². The van der Waals surface area contributed by atoms with Crippen molar-refractivity contribution >= 4 is 34.8 Å². The third kappa shape index (κ3) is 3.51. The zero-order valence-electron chi connectivity index (χ0n) is 17.8. The van der Waals surface area contributed by atoms with Crippen molar-refractivity contribution in [2.45, 2.75) is 25.0 Å². The summed E-state index contributed by atoms with van der Waals surface area (Å²) in [7, 11) is 0. The Bertz CT molecular complexity index is 1090. The summed E-state index contributed by atoms with van der Waals surface area (Å²) in [6, 6.07) is 17.6. The van der Waals surface area contributed by atoms with Gasteiger partial charge in [-0.1, -0.05) is 60.2 Å². The van der Waals surface area contributed by atoms with Crippen LogP contribution in [0, 0.1) is 18.8 Å². The third-order valence-corrected chi connectivity index (χ3v) is 6.80. The van der Waals surface area contributed by atoms with E-state index in [4.69, 9.17) is 17.0 Å². The molecule has 2 N–H and O–H groups in total. The van der Waals surface area contributed by atoms with E-state index >= 15 is 0 Å². The van der Waals surface area contributed by atoms with Gasteiger partial charge in [-0.25, -0.2) is 4.90 Å². The Morgan fingerprint density at radius 3 is 2.56 bits per heavy atom. The number of nitrogens with one attached hydrogen (secondary N) is 2. The molecule has 2 bridgehead atoms. The number of carbonyl (C=O) groups excluding carboxylic acids is 2. The maximum Gasteiger partial charge on any atom is 0.241 e. The summed E-state index contributed by atoms with van der Waals surface area (Å²) in [5.41, 5.74) is 2.05. The van der Waals surface area contributed by atoms with Crippen LogP contribution in [-0.4, -0.2) is 41.7 Å². The summed E-state index contributed by atoms with van der Waals surface area (Å²) in [6.45, 7) is 3.01. The first-order valence-electron chi connectivity index (χ1n) is 10.9. The minimum absolute atomic E-state index is 0.191. The molecule has 6 nitrogen and oxygen atoms in total. The van der Waals surface area contributed by atoms with Gasteiger partial charge in [0.25, 0.3) is 0 Å². The van der Waals surface area contributed by atoms with E-state index in [-0.39, 0.29) is 17.9 Å². The molecule has 164 valence electrons. The second-order valence-electron chi connectivity index (χ2n) is 8.59. The van der Waals surface area contributed by atoms with Crippen molar-refractivity contribution in [1.29, 1.82) is 0 Å². The highest BCUT2D eigenvalue weighted by atomic mass is 32.1. The number of hydrogen-bond acceptors (Lipinski definition) is 4. The van der Waals surface area contributed by atoms with Gasteiger partial charge in [0.15, 0.2) is 5.11 Å². The molecule has 0 spiro atoms. The average Bonchev–Trinajstić information content (AvgIpc) is 3.44. The van der Waals surface area contributed by atoms with Gasteiger partial charge in [-0.05, 0) is 43.3 Å². The topological polar surface area (TPSA) is 70.7 Å². The molecule has 3 aliphatic heterocycles. The Balaban J connectivity index is 1.24. The van der Waals surface area contributed by atoms with E-state index in [1.54, 1.807) is 0 Å². The number of amides is 2. The molecule has 2 aromatic carbocycles. The molecule has 0 unspecified atom stereocenters. The van der Waals surface area contributed by atoms with Crippen LogP contribution in [0.4, 0.5) is 5.69 Å². The first-order chi connectivity index (χ1) is 15.5. The Morgan fingerprint density at radius 2 is 1.81 bits per heavy atom. The minimum Gasteiger partial charge on any atom is -0.362 e. The van der Waals surface area contributed by atoms with Gasteiger partial charge in [-0.2, -0.15) is 0 Å². The van der Waals surface area contributed by atoms with Gasteiger partial charge >= 0.3 is 0 Å². The van der Waals surface area contributed by atoms with Crippen molar-refractivity contribution in [1.82, 2.24) is 10.6 Å². The summed E-state index contributed by atoms with van der Waals surface area (Å²) < 4.78 is 6.17. The maximum absolute atomic E-state index is 13.4. The number of rotatable bonds is 6.